The normalized spacial score (nSPS) is 14.5. The molecule has 0 bridgehead atoms. The van der Waals surface area contributed by atoms with Crippen LogP contribution in [0.3, 0.4) is 0 Å². The molecule has 184 valence electrons. The van der Waals surface area contributed by atoms with Gasteiger partial charge in [0.25, 0.3) is 5.91 Å². The van der Waals surface area contributed by atoms with Crippen LogP contribution in [0.15, 0.2) is 66.3 Å². The van der Waals surface area contributed by atoms with Crippen LogP contribution in [-0.4, -0.2) is 52.4 Å². The van der Waals surface area contributed by atoms with E-state index in [9.17, 15) is 4.79 Å². The largest absolute Gasteiger partial charge is 0.382 e. The number of fused-ring (bicyclic) bond motifs is 1. The van der Waals surface area contributed by atoms with Gasteiger partial charge >= 0.3 is 0 Å². The number of carbonyl (C=O) groups is 1. The number of thiazole rings is 1. The van der Waals surface area contributed by atoms with Crippen molar-refractivity contribution in [2.24, 2.45) is 0 Å². The Kier molecular flexibility index (Phi) is 7.60. The van der Waals surface area contributed by atoms with Crippen molar-refractivity contribution in [3.8, 4) is 17.3 Å². The number of unbranched alkanes of at least 4 members (excludes halogenated alkanes) is 1. The lowest BCUT2D eigenvalue weighted by molar-refractivity contribution is 0.0952. The molecule has 2 aromatic carbocycles. The van der Waals surface area contributed by atoms with E-state index in [0.29, 0.717) is 23.7 Å². The Balaban J connectivity index is 0.983. The van der Waals surface area contributed by atoms with Gasteiger partial charge in [0.15, 0.2) is 4.96 Å². The Hall–Kier alpha value is -3.67. The molecule has 36 heavy (non-hydrogen) atoms. The van der Waals surface area contributed by atoms with Gasteiger partial charge in [-0.05, 0) is 62.6 Å². The lowest BCUT2D eigenvalue weighted by Gasteiger charge is -2.32. The molecule has 4 aromatic rings. The van der Waals surface area contributed by atoms with Crippen LogP contribution in [0.1, 0.15) is 41.6 Å². The number of hydrogen-bond acceptors (Lipinski definition) is 6. The highest BCUT2D eigenvalue weighted by Crippen LogP contribution is 2.22. The van der Waals surface area contributed by atoms with Gasteiger partial charge < -0.3 is 15.5 Å². The van der Waals surface area contributed by atoms with Crippen LogP contribution in [0.4, 0.5) is 5.69 Å². The number of rotatable bonds is 9. The molecule has 1 aliphatic rings. The number of hydrogen-bond donors (Lipinski definition) is 2. The summed E-state index contributed by atoms with van der Waals surface area (Å²) in [5, 5.41) is 17.7. The van der Waals surface area contributed by atoms with Crippen molar-refractivity contribution in [1.82, 2.24) is 19.6 Å². The van der Waals surface area contributed by atoms with E-state index in [-0.39, 0.29) is 5.91 Å². The number of nitrogens with one attached hydrogen (secondary N) is 2. The molecule has 8 heteroatoms. The number of anilines is 1. The summed E-state index contributed by atoms with van der Waals surface area (Å²) in [5.74, 6) is -0.0280. The average molecular weight is 499 g/mol. The summed E-state index contributed by atoms with van der Waals surface area (Å²) >= 11 is 1.61. The lowest BCUT2D eigenvalue weighted by Crippen LogP contribution is -2.39. The van der Waals surface area contributed by atoms with Crippen LogP contribution in [-0.2, 0) is 0 Å². The Bertz CT molecular complexity index is 1320. The first-order valence-corrected chi connectivity index (χ1v) is 13.4. The SMILES string of the molecule is N#Cc1cccc(NC2CCN(CCCCNC(=O)c3ccc(-c4cn5ccsc5n4)cc3)CC2)c1. The van der Waals surface area contributed by atoms with E-state index in [0.717, 1.165) is 67.2 Å². The third-order valence-corrected chi connectivity index (χ3v) is 7.44. The fraction of sp³-hybridized carbons (Fsp3) is 0.321. The standard InChI is InChI=1S/C28H30N6OS/c29-19-21-4-3-5-25(18-21)31-24-10-14-33(15-11-24)13-2-1-12-30-27(35)23-8-6-22(7-9-23)26-20-34-16-17-36-28(34)32-26/h3-9,16-18,20,24,31H,1-2,10-15H2,(H,30,35). The molecule has 5 rings (SSSR count). The number of amides is 1. The quantitative estimate of drug-likeness (QED) is 0.317. The van der Waals surface area contributed by atoms with Crippen LogP contribution in [0, 0.1) is 11.3 Å². The molecule has 1 fully saturated rings. The average Bonchev–Trinajstić information content (AvgIpc) is 3.52. The topological polar surface area (TPSA) is 85.5 Å². The molecule has 1 saturated heterocycles. The van der Waals surface area contributed by atoms with Gasteiger partial charge in [0.05, 0.1) is 17.3 Å². The zero-order valence-electron chi connectivity index (χ0n) is 20.2. The first kappa shape index (κ1) is 24.0. The Labute approximate surface area is 215 Å². The molecule has 0 aliphatic carbocycles. The Morgan fingerprint density at radius 2 is 1.97 bits per heavy atom. The minimum absolute atomic E-state index is 0.0280. The summed E-state index contributed by atoms with van der Waals surface area (Å²) in [4.78, 5) is 20.6. The highest BCUT2D eigenvalue weighted by molar-refractivity contribution is 7.15. The van der Waals surface area contributed by atoms with Crippen molar-refractivity contribution >= 4 is 27.9 Å². The van der Waals surface area contributed by atoms with Crippen LogP contribution in [0.25, 0.3) is 16.2 Å². The van der Waals surface area contributed by atoms with E-state index in [4.69, 9.17) is 5.26 Å². The summed E-state index contributed by atoms with van der Waals surface area (Å²) in [6.45, 7) is 3.89. The van der Waals surface area contributed by atoms with Crippen molar-refractivity contribution in [2.75, 3.05) is 31.5 Å². The molecule has 0 atom stereocenters. The number of aromatic nitrogens is 2. The van der Waals surface area contributed by atoms with Crippen molar-refractivity contribution in [1.29, 1.82) is 5.26 Å². The Morgan fingerprint density at radius 1 is 1.14 bits per heavy atom. The van der Waals surface area contributed by atoms with E-state index in [1.807, 2.05) is 70.7 Å². The number of carbonyl (C=O) groups excluding carboxylic acids is 1. The summed E-state index contributed by atoms with van der Waals surface area (Å²) in [7, 11) is 0. The summed E-state index contributed by atoms with van der Waals surface area (Å²) in [6.07, 6.45) is 8.24. The van der Waals surface area contributed by atoms with E-state index in [2.05, 4.69) is 26.6 Å². The lowest BCUT2D eigenvalue weighted by atomic mass is 10.0. The molecule has 1 aliphatic heterocycles. The van der Waals surface area contributed by atoms with Crippen molar-refractivity contribution in [3.05, 3.63) is 77.4 Å². The number of nitrogens with zero attached hydrogens (tertiary/aromatic N) is 4. The fourth-order valence-electron chi connectivity index (χ4n) is 4.64. The predicted octanol–water partition coefficient (Wildman–Crippen LogP) is 5.02. The first-order valence-electron chi connectivity index (χ1n) is 12.5. The number of piperidine rings is 1. The van der Waals surface area contributed by atoms with Crippen molar-refractivity contribution < 1.29 is 4.79 Å². The smallest absolute Gasteiger partial charge is 0.251 e. The zero-order chi connectivity index (χ0) is 24.7. The zero-order valence-corrected chi connectivity index (χ0v) is 21.0. The second kappa shape index (κ2) is 11.4. The molecular weight excluding hydrogens is 468 g/mol. The maximum atomic E-state index is 12.5. The van der Waals surface area contributed by atoms with Crippen LogP contribution in [0.2, 0.25) is 0 Å². The fourth-order valence-corrected chi connectivity index (χ4v) is 5.34. The van der Waals surface area contributed by atoms with Crippen LogP contribution >= 0.6 is 11.3 Å². The minimum Gasteiger partial charge on any atom is -0.382 e. The number of nitriles is 1. The molecule has 0 unspecified atom stereocenters. The molecule has 1 amide bonds. The number of benzene rings is 2. The summed E-state index contributed by atoms with van der Waals surface area (Å²) in [6, 6.07) is 18.0. The maximum Gasteiger partial charge on any atom is 0.251 e. The molecule has 2 aromatic heterocycles. The van der Waals surface area contributed by atoms with Crippen LogP contribution < -0.4 is 10.6 Å². The van der Waals surface area contributed by atoms with E-state index in [1.54, 1.807) is 11.3 Å². The van der Waals surface area contributed by atoms with Gasteiger partial charge in [-0.1, -0.05) is 18.2 Å². The highest BCUT2D eigenvalue weighted by atomic mass is 32.1. The molecule has 0 saturated carbocycles. The summed E-state index contributed by atoms with van der Waals surface area (Å²) < 4.78 is 2.01. The third-order valence-electron chi connectivity index (χ3n) is 6.67. The van der Waals surface area contributed by atoms with E-state index in [1.165, 1.54) is 0 Å². The van der Waals surface area contributed by atoms with Crippen LogP contribution in [0.5, 0.6) is 0 Å². The minimum atomic E-state index is -0.0280. The maximum absolute atomic E-state index is 12.5. The van der Waals surface area contributed by atoms with Gasteiger partial charge in [0.2, 0.25) is 0 Å². The van der Waals surface area contributed by atoms with Crippen molar-refractivity contribution in [3.63, 3.8) is 0 Å². The molecule has 3 heterocycles. The Morgan fingerprint density at radius 3 is 2.75 bits per heavy atom. The number of imidazole rings is 1. The second-order valence-corrected chi connectivity index (χ2v) is 10.1. The van der Waals surface area contributed by atoms with Gasteiger partial charge in [-0.3, -0.25) is 9.20 Å². The third kappa shape index (κ3) is 5.93. The molecule has 7 nitrogen and oxygen atoms in total. The van der Waals surface area contributed by atoms with Gasteiger partial charge in [0.1, 0.15) is 0 Å². The number of likely N-dealkylation sites (tertiary alicyclic amines) is 1. The molecule has 0 spiro atoms. The molecule has 2 N–H and O–H groups in total. The van der Waals surface area contributed by atoms with Gasteiger partial charge in [0, 0.05) is 60.3 Å². The van der Waals surface area contributed by atoms with Gasteiger partial charge in [-0.25, -0.2) is 4.98 Å². The van der Waals surface area contributed by atoms with Crippen molar-refractivity contribution in [2.45, 2.75) is 31.7 Å². The first-order chi connectivity index (χ1) is 17.7. The predicted molar refractivity (Wildman–Crippen MR) is 144 cm³/mol. The van der Waals surface area contributed by atoms with E-state index < -0.39 is 0 Å². The van der Waals surface area contributed by atoms with Gasteiger partial charge in [-0.2, -0.15) is 5.26 Å². The van der Waals surface area contributed by atoms with E-state index >= 15 is 0 Å². The monoisotopic (exact) mass is 498 g/mol. The summed E-state index contributed by atoms with van der Waals surface area (Å²) in [5.41, 5.74) is 4.32. The molecule has 0 radical (unpaired) electrons. The second-order valence-electron chi connectivity index (χ2n) is 9.21. The van der Waals surface area contributed by atoms with Gasteiger partial charge in [-0.15, -0.1) is 11.3 Å². The molecular formula is C28H30N6OS. The highest BCUT2D eigenvalue weighted by Gasteiger charge is 2.18.